The molecular weight excluding hydrogens is 168 g/mol. The first-order valence-corrected chi connectivity index (χ1v) is 3.63. The third-order valence-electron chi connectivity index (χ3n) is 0.922. The zero-order chi connectivity index (χ0) is 8.27. The highest BCUT2D eigenvalue weighted by molar-refractivity contribution is 7.62. The van der Waals surface area contributed by atoms with Gasteiger partial charge < -0.3 is 0 Å². The molecule has 0 bridgehead atoms. The first-order valence-electron chi connectivity index (χ1n) is 2.59. The van der Waals surface area contributed by atoms with Gasteiger partial charge in [-0.05, 0) is 6.07 Å². The Bertz CT molecular complexity index is 368. The molecule has 1 aromatic heterocycles. The van der Waals surface area contributed by atoms with Crippen molar-refractivity contribution in [3.8, 4) is 0 Å². The summed E-state index contributed by atoms with van der Waals surface area (Å²) in [6.45, 7) is 0. The smallest absolute Gasteiger partial charge is 0.280 e. The Balaban J connectivity index is 2.97. The number of nitrogens with zero attached hydrogens (tertiary/aromatic N) is 2. The molecule has 2 N–H and O–H groups in total. The van der Waals surface area contributed by atoms with E-state index in [-0.39, 0.29) is 11.5 Å². The summed E-state index contributed by atoms with van der Waals surface area (Å²) in [5.41, 5.74) is 0.272. The molecule has 0 aliphatic heterocycles. The maximum atomic E-state index is 9.96. The van der Waals surface area contributed by atoms with Crippen LogP contribution in [0.15, 0.2) is 16.6 Å². The highest BCUT2D eigenvalue weighted by Crippen LogP contribution is 1.93. The first-order chi connectivity index (χ1) is 5.20. The van der Waals surface area contributed by atoms with Crippen LogP contribution < -0.4 is 0 Å². The van der Waals surface area contributed by atoms with Gasteiger partial charge in [-0.3, -0.25) is 10.5 Å². The summed E-state index contributed by atoms with van der Waals surface area (Å²) in [6, 6.07) is 1.46. The standard InChI is InChI=1S/C4H4N4O2S/c5-4(8-11(9)10)3-1-2-6-7-3/h1-2,5H,(H,6,7). The second-order valence-electron chi connectivity index (χ2n) is 1.63. The number of H-pyrrole nitrogens is 1. The minimum Gasteiger partial charge on any atom is -0.280 e. The van der Waals surface area contributed by atoms with Crippen molar-refractivity contribution in [1.29, 1.82) is 5.41 Å². The molecule has 11 heavy (non-hydrogen) atoms. The molecule has 1 heterocycles. The summed E-state index contributed by atoms with van der Waals surface area (Å²) in [5, 5.41) is 13.0. The van der Waals surface area contributed by atoms with Crippen LogP contribution in [0.2, 0.25) is 0 Å². The van der Waals surface area contributed by atoms with E-state index in [2.05, 4.69) is 14.6 Å². The molecule has 0 aliphatic rings. The number of aromatic nitrogens is 2. The van der Waals surface area contributed by atoms with Gasteiger partial charge in [-0.25, -0.2) is 0 Å². The number of hydrogen-bond donors (Lipinski definition) is 2. The van der Waals surface area contributed by atoms with Gasteiger partial charge in [0, 0.05) is 6.20 Å². The monoisotopic (exact) mass is 172 g/mol. The molecule has 0 aliphatic carbocycles. The van der Waals surface area contributed by atoms with Crippen LogP contribution in [-0.4, -0.2) is 24.5 Å². The van der Waals surface area contributed by atoms with E-state index in [1.807, 2.05) is 0 Å². The Kier molecular flexibility index (Phi) is 2.12. The Morgan fingerprint density at radius 2 is 2.45 bits per heavy atom. The van der Waals surface area contributed by atoms with Crippen molar-refractivity contribution in [2.45, 2.75) is 0 Å². The zero-order valence-electron chi connectivity index (χ0n) is 5.27. The molecule has 0 unspecified atom stereocenters. The minimum absolute atomic E-state index is 0.272. The molecule has 0 spiro atoms. The van der Waals surface area contributed by atoms with Crippen molar-refractivity contribution in [1.82, 2.24) is 10.2 Å². The van der Waals surface area contributed by atoms with Gasteiger partial charge in [0.15, 0.2) is 5.84 Å². The Hall–Kier alpha value is -1.50. The van der Waals surface area contributed by atoms with Crippen LogP contribution >= 0.6 is 0 Å². The first kappa shape index (κ1) is 7.61. The van der Waals surface area contributed by atoms with E-state index in [1.54, 1.807) is 0 Å². The van der Waals surface area contributed by atoms with Crippen LogP contribution in [-0.2, 0) is 10.5 Å². The van der Waals surface area contributed by atoms with Gasteiger partial charge in [0.05, 0.1) is 0 Å². The Morgan fingerprint density at radius 3 is 2.91 bits per heavy atom. The molecule has 1 rings (SSSR count). The van der Waals surface area contributed by atoms with E-state index in [9.17, 15) is 8.42 Å². The molecule has 0 aromatic carbocycles. The molecule has 58 valence electrons. The van der Waals surface area contributed by atoms with E-state index >= 15 is 0 Å². The second-order valence-corrected chi connectivity index (χ2v) is 2.24. The quantitative estimate of drug-likeness (QED) is 0.453. The molecule has 0 saturated heterocycles. The normalized spacial score (nSPS) is 9.09. The minimum atomic E-state index is -2.58. The predicted molar refractivity (Wildman–Crippen MR) is 36.8 cm³/mol. The number of aromatic amines is 1. The number of nitrogens with one attached hydrogen (secondary N) is 2. The molecule has 7 heteroatoms. The zero-order valence-corrected chi connectivity index (χ0v) is 6.09. The lowest BCUT2D eigenvalue weighted by atomic mass is 10.4. The summed E-state index contributed by atoms with van der Waals surface area (Å²) in [5.74, 6) is -0.351. The predicted octanol–water partition coefficient (Wildman–Crippen LogP) is -0.202. The second kappa shape index (κ2) is 3.06. The molecule has 1 aromatic rings. The molecule has 0 radical (unpaired) electrons. The maximum absolute atomic E-state index is 9.96. The van der Waals surface area contributed by atoms with Gasteiger partial charge in [0.25, 0.3) is 0 Å². The third-order valence-corrected chi connectivity index (χ3v) is 1.25. The van der Waals surface area contributed by atoms with E-state index in [0.29, 0.717) is 0 Å². The molecule has 6 nitrogen and oxygen atoms in total. The lowest BCUT2D eigenvalue weighted by molar-refractivity contribution is 0.623. The van der Waals surface area contributed by atoms with E-state index in [1.165, 1.54) is 12.3 Å². The van der Waals surface area contributed by atoms with Crippen molar-refractivity contribution in [2.24, 2.45) is 4.36 Å². The van der Waals surface area contributed by atoms with E-state index < -0.39 is 10.5 Å². The van der Waals surface area contributed by atoms with Crippen molar-refractivity contribution < 1.29 is 8.42 Å². The highest BCUT2D eigenvalue weighted by Gasteiger charge is 1.99. The summed E-state index contributed by atoms with van der Waals surface area (Å²) >= 11 is 0. The van der Waals surface area contributed by atoms with Crippen molar-refractivity contribution in [3.05, 3.63) is 18.0 Å². The lowest BCUT2D eigenvalue weighted by Gasteiger charge is -1.84. The summed E-state index contributed by atoms with van der Waals surface area (Å²) in [4.78, 5) is 0. The van der Waals surface area contributed by atoms with E-state index in [0.717, 1.165) is 0 Å². The van der Waals surface area contributed by atoms with Crippen molar-refractivity contribution >= 4 is 16.3 Å². The molecule has 0 fully saturated rings. The summed E-state index contributed by atoms with van der Waals surface area (Å²) in [6.07, 6.45) is 1.41. The van der Waals surface area contributed by atoms with Crippen molar-refractivity contribution in [3.63, 3.8) is 0 Å². The van der Waals surface area contributed by atoms with Crippen LogP contribution in [0.4, 0.5) is 0 Å². The molecule has 0 amide bonds. The van der Waals surface area contributed by atoms with Gasteiger partial charge in [-0.2, -0.15) is 13.5 Å². The van der Waals surface area contributed by atoms with Gasteiger partial charge in [0.2, 0.25) is 0 Å². The molecular formula is C4H4N4O2S. The molecule has 0 saturated carbocycles. The molecule has 0 atom stereocenters. The van der Waals surface area contributed by atoms with Gasteiger partial charge in [0.1, 0.15) is 5.69 Å². The average molecular weight is 172 g/mol. The van der Waals surface area contributed by atoms with Gasteiger partial charge in [-0.15, -0.1) is 4.36 Å². The van der Waals surface area contributed by atoms with Crippen LogP contribution in [0.3, 0.4) is 0 Å². The largest absolute Gasteiger partial charge is 0.317 e. The Labute approximate surface area is 63.5 Å². The van der Waals surface area contributed by atoms with Gasteiger partial charge >= 0.3 is 10.5 Å². The summed E-state index contributed by atoms with van der Waals surface area (Å²) in [7, 11) is -2.58. The van der Waals surface area contributed by atoms with Gasteiger partial charge in [-0.1, -0.05) is 0 Å². The fraction of sp³-hybridized carbons (Fsp3) is 0. The number of rotatable bonds is 1. The van der Waals surface area contributed by atoms with Crippen LogP contribution in [0.25, 0.3) is 0 Å². The average Bonchev–Trinajstić information content (AvgIpc) is 2.35. The fourth-order valence-electron chi connectivity index (χ4n) is 0.511. The SMILES string of the molecule is N=C(N=S(=O)=O)c1ccn[nH]1. The van der Waals surface area contributed by atoms with Crippen LogP contribution in [0.5, 0.6) is 0 Å². The summed E-state index contributed by atoms with van der Waals surface area (Å²) < 4.78 is 22.9. The fourth-order valence-corrected chi connectivity index (χ4v) is 0.759. The van der Waals surface area contributed by atoms with Crippen molar-refractivity contribution in [2.75, 3.05) is 0 Å². The topological polar surface area (TPSA) is 99.0 Å². The third kappa shape index (κ3) is 1.97. The van der Waals surface area contributed by atoms with Crippen LogP contribution in [0.1, 0.15) is 5.69 Å². The van der Waals surface area contributed by atoms with Crippen LogP contribution in [0, 0.1) is 5.41 Å². The lowest BCUT2D eigenvalue weighted by Crippen LogP contribution is -1.94. The maximum Gasteiger partial charge on any atom is 0.317 e. The van der Waals surface area contributed by atoms with E-state index in [4.69, 9.17) is 5.41 Å². The number of hydrogen-bond acceptors (Lipinski definition) is 4. The Morgan fingerprint density at radius 1 is 1.73 bits per heavy atom. The number of amidine groups is 1. The highest BCUT2D eigenvalue weighted by atomic mass is 32.2.